The molecule has 0 unspecified atom stereocenters. The third-order valence-electron chi connectivity index (χ3n) is 4.65. The van der Waals surface area contributed by atoms with Crippen molar-refractivity contribution in [2.24, 2.45) is 12.8 Å². The molecule has 0 saturated carbocycles. The van der Waals surface area contributed by atoms with Crippen LogP contribution in [0.5, 0.6) is 0 Å². The van der Waals surface area contributed by atoms with Gasteiger partial charge in [-0.05, 0) is 33.3 Å². The van der Waals surface area contributed by atoms with Crippen LogP contribution in [-0.4, -0.2) is 44.4 Å². The number of amides is 2. The fraction of sp³-hybridized carbons (Fsp3) is 0.318. The normalized spacial score (nSPS) is 11.0. The molecule has 3 N–H and O–H groups in total. The van der Waals surface area contributed by atoms with Crippen LogP contribution in [0.4, 0.5) is 5.00 Å². The summed E-state index contributed by atoms with van der Waals surface area (Å²) in [6.45, 7) is 7.05. The van der Waals surface area contributed by atoms with Gasteiger partial charge in [0.1, 0.15) is 5.00 Å². The van der Waals surface area contributed by atoms with Gasteiger partial charge in [-0.2, -0.15) is 0 Å². The quantitative estimate of drug-likeness (QED) is 0.367. The second-order valence-electron chi connectivity index (χ2n) is 7.65. The smallest absolute Gasteiger partial charge is 0.341 e. The predicted molar refractivity (Wildman–Crippen MR) is 129 cm³/mol. The third-order valence-corrected chi connectivity index (χ3v) is 6.89. The van der Waals surface area contributed by atoms with Gasteiger partial charge in [0.25, 0.3) is 5.91 Å². The maximum absolute atomic E-state index is 12.6. The maximum Gasteiger partial charge on any atom is 0.341 e. The molecule has 3 rings (SSSR count). The summed E-state index contributed by atoms with van der Waals surface area (Å²) in [7, 11) is 1.83. The number of carbonyl (C=O) groups is 3. The van der Waals surface area contributed by atoms with Gasteiger partial charge < -0.3 is 20.4 Å². The number of hydrogen-bond donors (Lipinski definition) is 2. The van der Waals surface area contributed by atoms with Crippen LogP contribution in [0.3, 0.4) is 0 Å². The second kappa shape index (κ2) is 10.2. The molecule has 0 aliphatic rings. The lowest BCUT2D eigenvalue weighted by atomic mass is 10.1. The lowest BCUT2D eigenvalue weighted by Crippen LogP contribution is -2.18. The molecule has 0 bridgehead atoms. The van der Waals surface area contributed by atoms with E-state index in [1.165, 1.54) is 11.8 Å². The largest absolute Gasteiger partial charge is 0.459 e. The average Bonchev–Trinajstić information content (AvgIpc) is 3.26. The number of primary amides is 1. The molecule has 2 heterocycles. The Labute approximate surface area is 199 Å². The van der Waals surface area contributed by atoms with Crippen LogP contribution < -0.4 is 11.1 Å². The molecule has 9 nitrogen and oxygen atoms in total. The van der Waals surface area contributed by atoms with Gasteiger partial charge in [0, 0.05) is 12.6 Å². The number of esters is 1. The predicted octanol–water partition coefficient (Wildman–Crippen LogP) is 3.56. The Balaban J connectivity index is 1.74. The molecule has 0 radical (unpaired) electrons. The van der Waals surface area contributed by atoms with Crippen LogP contribution in [0.25, 0.3) is 11.4 Å². The Morgan fingerprint density at radius 2 is 1.85 bits per heavy atom. The summed E-state index contributed by atoms with van der Waals surface area (Å²) >= 11 is 2.16. The van der Waals surface area contributed by atoms with Crippen molar-refractivity contribution in [1.82, 2.24) is 14.8 Å². The average molecular weight is 488 g/mol. The number of nitrogens with one attached hydrogen (secondary N) is 1. The fourth-order valence-electron chi connectivity index (χ4n) is 3.04. The van der Waals surface area contributed by atoms with E-state index in [2.05, 4.69) is 15.5 Å². The molecule has 33 heavy (non-hydrogen) atoms. The summed E-state index contributed by atoms with van der Waals surface area (Å²) in [5.74, 6) is -0.937. The Hall–Kier alpha value is -3.18. The van der Waals surface area contributed by atoms with Crippen molar-refractivity contribution < 1.29 is 19.1 Å². The Kier molecular flexibility index (Phi) is 7.54. The molecular weight excluding hydrogens is 462 g/mol. The molecule has 0 aliphatic carbocycles. The van der Waals surface area contributed by atoms with Gasteiger partial charge in [-0.25, -0.2) is 4.79 Å². The molecule has 1 aromatic carbocycles. The first-order valence-electron chi connectivity index (χ1n) is 10.1. The number of hydrogen-bond acceptors (Lipinski definition) is 8. The molecule has 0 atom stereocenters. The van der Waals surface area contributed by atoms with Crippen molar-refractivity contribution in [3.05, 3.63) is 45.8 Å². The summed E-state index contributed by atoms with van der Waals surface area (Å²) < 4.78 is 7.08. The zero-order valence-electron chi connectivity index (χ0n) is 19.0. The molecule has 174 valence electrons. The minimum atomic E-state index is -0.673. The first-order chi connectivity index (χ1) is 15.6. The highest BCUT2D eigenvalue weighted by molar-refractivity contribution is 7.99. The van der Waals surface area contributed by atoms with Crippen molar-refractivity contribution >= 4 is 45.9 Å². The lowest BCUT2D eigenvalue weighted by Gasteiger charge is -2.10. The molecular formula is C22H25N5O4S2. The zero-order chi connectivity index (χ0) is 24.3. The highest BCUT2D eigenvalue weighted by Crippen LogP contribution is 2.34. The molecule has 3 aromatic rings. The molecule has 2 amide bonds. The topological polar surface area (TPSA) is 129 Å². The van der Waals surface area contributed by atoms with Gasteiger partial charge >= 0.3 is 5.97 Å². The highest BCUT2D eigenvalue weighted by atomic mass is 32.2. The summed E-state index contributed by atoms with van der Waals surface area (Å²) in [6.07, 6.45) is -0.355. The number of thioether (sulfide) groups is 1. The van der Waals surface area contributed by atoms with Crippen LogP contribution >= 0.6 is 23.1 Å². The van der Waals surface area contributed by atoms with Crippen molar-refractivity contribution in [1.29, 1.82) is 0 Å². The lowest BCUT2D eigenvalue weighted by molar-refractivity contribution is -0.113. The van der Waals surface area contributed by atoms with E-state index in [0.29, 0.717) is 16.5 Å². The fourth-order valence-corrected chi connectivity index (χ4v) is 4.82. The maximum atomic E-state index is 12.6. The standard InChI is InChI=1S/C22H25N5O4S2/c1-11(2)31-21(30)16-13(4)17(18(23)29)33-20(16)24-15(28)10-32-22-26-25-19(27(22)5)14-8-6-12(3)7-9-14/h6-9,11H,10H2,1-5H3,(H2,23,29)(H,24,28). The Bertz CT molecular complexity index is 1200. The molecule has 0 fully saturated rings. The van der Waals surface area contributed by atoms with Gasteiger partial charge in [-0.1, -0.05) is 41.6 Å². The number of anilines is 1. The highest BCUT2D eigenvalue weighted by Gasteiger charge is 2.26. The van der Waals surface area contributed by atoms with Crippen molar-refractivity contribution in [3.63, 3.8) is 0 Å². The number of aromatic nitrogens is 3. The monoisotopic (exact) mass is 487 g/mol. The number of ether oxygens (including phenoxy) is 1. The number of thiophene rings is 1. The number of nitrogens with zero attached hydrogens (tertiary/aromatic N) is 3. The second-order valence-corrected chi connectivity index (χ2v) is 9.61. The van der Waals surface area contributed by atoms with Crippen LogP contribution in [0.2, 0.25) is 0 Å². The van der Waals surface area contributed by atoms with E-state index in [0.717, 1.165) is 22.5 Å². The van der Waals surface area contributed by atoms with Gasteiger partial charge in [-0.3, -0.25) is 9.59 Å². The SMILES string of the molecule is Cc1ccc(-c2nnc(SCC(=O)Nc3sc(C(N)=O)c(C)c3C(=O)OC(C)C)n2C)cc1. The number of rotatable bonds is 8. The van der Waals surface area contributed by atoms with E-state index >= 15 is 0 Å². The molecule has 0 spiro atoms. The van der Waals surface area contributed by atoms with Gasteiger partial charge in [0.2, 0.25) is 5.91 Å². The van der Waals surface area contributed by atoms with Crippen LogP contribution in [0, 0.1) is 13.8 Å². The summed E-state index contributed by atoms with van der Waals surface area (Å²) in [4.78, 5) is 37.1. The summed E-state index contributed by atoms with van der Waals surface area (Å²) in [5, 5.41) is 11.9. The van der Waals surface area contributed by atoms with E-state index in [1.807, 2.05) is 42.8 Å². The minimum Gasteiger partial charge on any atom is -0.459 e. The van der Waals surface area contributed by atoms with E-state index in [-0.39, 0.29) is 33.2 Å². The van der Waals surface area contributed by atoms with Gasteiger partial charge in [0.05, 0.1) is 22.3 Å². The first kappa shape index (κ1) is 24.5. The number of carbonyl (C=O) groups excluding carboxylic acids is 3. The number of nitrogens with two attached hydrogens (primary N) is 1. The van der Waals surface area contributed by atoms with Crippen LogP contribution in [0.15, 0.2) is 29.4 Å². The van der Waals surface area contributed by atoms with E-state index in [4.69, 9.17) is 10.5 Å². The van der Waals surface area contributed by atoms with Crippen molar-refractivity contribution in [2.75, 3.05) is 11.1 Å². The Morgan fingerprint density at radius 1 is 1.18 bits per heavy atom. The van der Waals surface area contributed by atoms with Crippen molar-refractivity contribution in [3.8, 4) is 11.4 Å². The number of benzene rings is 1. The van der Waals surface area contributed by atoms with E-state index in [9.17, 15) is 14.4 Å². The first-order valence-corrected chi connectivity index (χ1v) is 11.9. The van der Waals surface area contributed by atoms with E-state index < -0.39 is 11.9 Å². The van der Waals surface area contributed by atoms with Crippen LogP contribution in [-0.2, 0) is 16.6 Å². The van der Waals surface area contributed by atoms with Crippen LogP contribution in [0.1, 0.15) is 45.0 Å². The summed E-state index contributed by atoms with van der Waals surface area (Å²) in [5.41, 5.74) is 8.02. The summed E-state index contributed by atoms with van der Waals surface area (Å²) in [6, 6.07) is 7.92. The molecule has 0 aliphatic heterocycles. The zero-order valence-corrected chi connectivity index (χ0v) is 20.6. The van der Waals surface area contributed by atoms with E-state index in [1.54, 1.807) is 20.8 Å². The van der Waals surface area contributed by atoms with Gasteiger partial charge in [-0.15, -0.1) is 21.5 Å². The van der Waals surface area contributed by atoms with Crippen molar-refractivity contribution in [2.45, 2.75) is 39.0 Å². The minimum absolute atomic E-state index is 0.0292. The molecule has 2 aromatic heterocycles. The molecule has 11 heteroatoms. The van der Waals surface area contributed by atoms with Gasteiger partial charge in [0.15, 0.2) is 11.0 Å². The Morgan fingerprint density at radius 3 is 2.45 bits per heavy atom. The molecule has 0 saturated heterocycles. The third kappa shape index (κ3) is 5.60. The number of aryl methyl sites for hydroxylation is 1.